The van der Waals surface area contributed by atoms with Crippen molar-refractivity contribution < 1.29 is 4.39 Å². The molecule has 0 bridgehead atoms. The molecule has 0 fully saturated rings. The molecule has 2 heteroatoms. The third kappa shape index (κ3) is 4.93. The second-order valence-corrected chi connectivity index (χ2v) is 3.98. The highest BCUT2D eigenvalue weighted by molar-refractivity contribution is 5.16. The smallest absolute Gasteiger partial charge is 0.123 e. The van der Waals surface area contributed by atoms with Gasteiger partial charge in [0.05, 0.1) is 0 Å². The Morgan fingerprint density at radius 3 is 2.87 bits per heavy atom. The van der Waals surface area contributed by atoms with Gasteiger partial charge in [0.15, 0.2) is 0 Å². The summed E-state index contributed by atoms with van der Waals surface area (Å²) in [5.74, 6) is -0.132. The Balaban J connectivity index is 2.25. The van der Waals surface area contributed by atoms with Gasteiger partial charge in [0.1, 0.15) is 5.82 Å². The number of halogens is 1. The molecule has 0 radical (unpaired) electrons. The zero-order chi connectivity index (χ0) is 11.1. The fourth-order valence-corrected chi connectivity index (χ4v) is 1.76. The Bertz CT molecular complexity index is 286. The van der Waals surface area contributed by atoms with Crippen LogP contribution in [-0.2, 0) is 6.42 Å². The molecule has 0 spiro atoms. The summed E-state index contributed by atoms with van der Waals surface area (Å²) in [6.45, 7) is 5.32. The summed E-state index contributed by atoms with van der Waals surface area (Å²) in [4.78, 5) is 0. The summed E-state index contributed by atoms with van der Waals surface area (Å²) in [7, 11) is 0. The lowest BCUT2D eigenvalue weighted by Crippen LogP contribution is -2.25. The first-order valence-electron chi connectivity index (χ1n) is 5.70. The first-order valence-corrected chi connectivity index (χ1v) is 5.70. The molecule has 0 aromatic heterocycles. The van der Waals surface area contributed by atoms with Crippen LogP contribution in [0.1, 0.15) is 32.3 Å². The maximum absolute atomic E-state index is 12.9. The van der Waals surface area contributed by atoms with E-state index in [0.717, 1.165) is 31.4 Å². The van der Waals surface area contributed by atoms with E-state index < -0.39 is 0 Å². The summed E-state index contributed by atoms with van der Waals surface area (Å²) in [6.07, 6.45) is 3.22. The van der Waals surface area contributed by atoms with Crippen LogP contribution in [0.15, 0.2) is 24.3 Å². The van der Waals surface area contributed by atoms with E-state index in [2.05, 4.69) is 19.2 Å². The van der Waals surface area contributed by atoms with Gasteiger partial charge in [0.2, 0.25) is 0 Å². The van der Waals surface area contributed by atoms with E-state index in [0.29, 0.717) is 6.04 Å². The summed E-state index contributed by atoms with van der Waals surface area (Å²) in [6, 6.07) is 7.44. The van der Waals surface area contributed by atoms with Crippen LogP contribution in [0.2, 0.25) is 0 Å². The molecule has 1 unspecified atom stereocenters. The van der Waals surface area contributed by atoms with Crippen molar-refractivity contribution in [1.82, 2.24) is 5.32 Å². The Kier molecular flexibility index (Phi) is 5.33. The number of hydrogen-bond acceptors (Lipinski definition) is 1. The molecule has 0 aliphatic heterocycles. The Morgan fingerprint density at radius 1 is 1.40 bits per heavy atom. The van der Waals surface area contributed by atoms with Crippen molar-refractivity contribution in [1.29, 1.82) is 0 Å². The van der Waals surface area contributed by atoms with Crippen LogP contribution in [-0.4, -0.2) is 12.6 Å². The van der Waals surface area contributed by atoms with Crippen molar-refractivity contribution in [2.45, 2.75) is 39.2 Å². The molecule has 0 aliphatic carbocycles. The zero-order valence-electron chi connectivity index (χ0n) is 9.59. The van der Waals surface area contributed by atoms with Gasteiger partial charge in [-0.15, -0.1) is 0 Å². The largest absolute Gasteiger partial charge is 0.315 e. The van der Waals surface area contributed by atoms with E-state index in [1.165, 1.54) is 6.07 Å². The highest BCUT2D eigenvalue weighted by atomic mass is 19.1. The van der Waals surface area contributed by atoms with E-state index in [-0.39, 0.29) is 5.82 Å². The van der Waals surface area contributed by atoms with Gasteiger partial charge >= 0.3 is 0 Å². The molecular weight excluding hydrogens is 189 g/mol. The molecular formula is C13H20FN. The summed E-state index contributed by atoms with van der Waals surface area (Å²) in [5.41, 5.74) is 1.10. The molecule has 15 heavy (non-hydrogen) atoms. The molecule has 1 aromatic carbocycles. The van der Waals surface area contributed by atoms with Crippen LogP contribution in [0.4, 0.5) is 4.39 Å². The minimum atomic E-state index is -0.132. The average Bonchev–Trinajstić information content (AvgIpc) is 2.18. The van der Waals surface area contributed by atoms with Crippen molar-refractivity contribution >= 4 is 0 Å². The van der Waals surface area contributed by atoms with Gasteiger partial charge < -0.3 is 5.32 Å². The van der Waals surface area contributed by atoms with Gasteiger partial charge in [-0.1, -0.05) is 19.1 Å². The van der Waals surface area contributed by atoms with Gasteiger partial charge in [-0.05, 0) is 50.4 Å². The Morgan fingerprint density at radius 2 is 2.20 bits per heavy atom. The molecule has 0 heterocycles. The SMILES string of the molecule is CCNC(C)CCCc1cccc(F)c1. The molecule has 1 atom stereocenters. The van der Waals surface area contributed by atoms with Crippen LogP contribution in [0, 0.1) is 5.82 Å². The van der Waals surface area contributed by atoms with E-state index in [4.69, 9.17) is 0 Å². The topological polar surface area (TPSA) is 12.0 Å². The summed E-state index contributed by atoms with van der Waals surface area (Å²) in [5, 5.41) is 3.37. The van der Waals surface area contributed by atoms with Crippen LogP contribution in [0.5, 0.6) is 0 Å². The molecule has 0 saturated heterocycles. The van der Waals surface area contributed by atoms with Gasteiger partial charge in [-0.25, -0.2) is 4.39 Å². The van der Waals surface area contributed by atoms with Crippen molar-refractivity contribution in [2.75, 3.05) is 6.54 Å². The molecule has 0 aliphatic rings. The average molecular weight is 209 g/mol. The van der Waals surface area contributed by atoms with E-state index in [9.17, 15) is 4.39 Å². The Hall–Kier alpha value is -0.890. The zero-order valence-corrected chi connectivity index (χ0v) is 9.59. The lowest BCUT2D eigenvalue weighted by Gasteiger charge is -2.11. The lowest BCUT2D eigenvalue weighted by atomic mass is 10.1. The predicted octanol–water partition coefficient (Wildman–Crippen LogP) is 3.15. The number of nitrogens with one attached hydrogen (secondary N) is 1. The van der Waals surface area contributed by atoms with Crippen molar-refractivity contribution in [3.8, 4) is 0 Å². The summed E-state index contributed by atoms with van der Waals surface area (Å²) >= 11 is 0. The third-order valence-corrected chi connectivity index (χ3v) is 2.54. The highest BCUT2D eigenvalue weighted by Crippen LogP contribution is 2.08. The van der Waals surface area contributed by atoms with Crippen LogP contribution in [0.25, 0.3) is 0 Å². The quantitative estimate of drug-likeness (QED) is 0.759. The number of benzene rings is 1. The second-order valence-electron chi connectivity index (χ2n) is 3.98. The van der Waals surface area contributed by atoms with E-state index in [1.54, 1.807) is 12.1 Å². The fourth-order valence-electron chi connectivity index (χ4n) is 1.76. The van der Waals surface area contributed by atoms with Gasteiger partial charge in [0.25, 0.3) is 0 Å². The first-order chi connectivity index (χ1) is 7.22. The minimum absolute atomic E-state index is 0.132. The first kappa shape index (κ1) is 12.2. The second kappa shape index (κ2) is 6.57. The minimum Gasteiger partial charge on any atom is -0.315 e. The van der Waals surface area contributed by atoms with Gasteiger partial charge in [-0.2, -0.15) is 0 Å². The van der Waals surface area contributed by atoms with Crippen LogP contribution in [0.3, 0.4) is 0 Å². The van der Waals surface area contributed by atoms with Crippen LogP contribution >= 0.6 is 0 Å². The standard InChI is InChI=1S/C13H20FN/c1-3-15-11(2)6-4-7-12-8-5-9-13(14)10-12/h5,8-11,15H,3-4,6-7H2,1-2H3. The summed E-state index contributed by atoms with van der Waals surface area (Å²) < 4.78 is 12.9. The lowest BCUT2D eigenvalue weighted by molar-refractivity contribution is 0.512. The van der Waals surface area contributed by atoms with Crippen molar-refractivity contribution in [3.63, 3.8) is 0 Å². The van der Waals surface area contributed by atoms with Crippen molar-refractivity contribution in [2.24, 2.45) is 0 Å². The van der Waals surface area contributed by atoms with Crippen LogP contribution < -0.4 is 5.32 Å². The maximum Gasteiger partial charge on any atom is 0.123 e. The van der Waals surface area contributed by atoms with E-state index in [1.807, 2.05) is 6.07 Å². The molecule has 0 amide bonds. The van der Waals surface area contributed by atoms with Gasteiger partial charge in [-0.3, -0.25) is 0 Å². The third-order valence-electron chi connectivity index (χ3n) is 2.54. The Labute approximate surface area is 91.7 Å². The molecule has 1 aromatic rings. The molecule has 1 rings (SSSR count). The van der Waals surface area contributed by atoms with Gasteiger partial charge in [0, 0.05) is 6.04 Å². The fraction of sp³-hybridized carbons (Fsp3) is 0.538. The normalized spacial score (nSPS) is 12.7. The number of rotatable bonds is 6. The molecule has 1 N–H and O–H groups in total. The monoisotopic (exact) mass is 209 g/mol. The van der Waals surface area contributed by atoms with Crippen molar-refractivity contribution in [3.05, 3.63) is 35.6 Å². The maximum atomic E-state index is 12.9. The number of aryl methyl sites for hydroxylation is 1. The van der Waals surface area contributed by atoms with E-state index >= 15 is 0 Å². The highest BCUT2D eigenvalue weighted by Gasteiger charge is 2.00. The molecule has 1 nitrogen and oxygen atoms in total. The molecule has 0 saturated carbocycles. The number of hydrogen-bond donors (Lipinski definition) is 1. The predicted molar refractivity (Wildman–Crippen MR) is 62.5 cm³/mol. The molecule has 84 valence electrons.